The molecule has 0 atom stereocenters. The topological polar surface area (TPSA) is 75.5 Å². The lowest BCUT2D eigenvalue weighted by Crippen LogP contribution is -2.27. The zero-order chi connectivity index (χ0) is 15.2. The molecule has 1 aromatic rings. The van der Waals surface area contributed by atoms with Crippen molar-refractivity contribution in [2.45, 2.75) is 25.7 Å². The predicted octanol–water partition coefficient (Wildman–Crippen LogP) is 2.70. The van der Waals surface area contributed by atoms with Crippen molar-refractivity contribution in [1.29, 1.82) is 0 Å². The Kier molecular flexibility index (Phi) is 5.27. The third-order valence-electron chi connectivity index (χ3n) is 3.71. The highest BCUT2D eigenvalue weighted by Gasteiger charge is 2.18. The number of nitro benzene ring substituents is 1. The molecule has 0 aromatic heterocycles. The van der Waals surface area contributed by atoms with Crippen LogP contribution >= 0.6 is 0 Å². The van der Waals surface area contributed by atoms with Crippen LogP contribution in [0, 0.1) is 10.1 Å². The van der Waals surface area contributed by atoms with E-state index in [2.05, 4.69) is 5.32 Å². The smallest absolute Gasteiger partial charge is 0.293 e. The summed E-state index contributed by atoms with van der Waals surface area (Å²) in [6, 6.07) is 4.68. The van der Waals surface area contributed by atoms with Gasteiger partial charge in [0.2, 0.25) is 0 Å². The van der Waals surface area contributed by atoms with Crippen molar-refractivity contribution in [1.82, 2.24) is 4.90 Å². The SMILES string of the molecule is CN1CCCCCCNc2ccc(cc2[N+](=O)[O-])C(=O)C1. The average molecular weight is 291 g/mol. The van der Waals surface area contributed by atoms with Gasteiger partial charge in [-0.2, -0.15) is 0 Å². The van der Waals surface area contributed by atoms with Crippen molar-refractivity contribution in [3.63, 3.8) is 0 Å². The van der Waals surface area contributed by atoms with Crippen LogP contribution in [0.5, 0.6) is 0 Å². The highest BCUT2D eigenvalue weighted by molar-refractivity contribution is 5.98. The Labute approximate surface area is 124 Å². The van der Waals surface area contributed by atoms with Crippen LogP contribution in [0.2, 0.25) is 0 Å². The Balaban J connectivity index is 2.28. The third kappa shape index (κ3) is 4.26. The first-order valence-corrected chi connectivity index (χ1v) is 7.32. The largest absolute Gasteiger partial charge is 0.379 e. The fraction of sp³-hybridized carbons (Fsp3) is 0.533. The van der Waals surface area contributed by atoms with Crippen molar-refractivity contribution >= 4 is 17.2 Å². The Morgan fingerprint density at radius 2 is 2.00 bits per heavy atom. The summed E-state index contributed by atoms with van der Waals surface area (Å²) in [4.78, 5) is 24.9. The molecule has 0 spiro atoms. The Bertz CT molecular complexity index is 531. The summed E-state index contributed by atoms with van der Waals surface area (Å²) >= 11 is 0. The van der Waals surface area contributed by atoms with Crippen LogP contribution in [0.4, 0.5) is 11.4 Å². The molecule has 2 aliphatic heterocycles. The molecule has 0 saturated carbocycles. The van der Waals surface area contributed by atoms with E-state index in [0.29, 0.717) is 24.3 Å². The first-order valence-electron chi connectivity index (χ1n) is 7.32. The molecule has 1 aromatic carbocycles. The fourth-order valence-electron chi connectivity index (χ4n) is 2.50. The van der Waals surface area contributed by atoms with Crippen LogP contribution < -0.4 is 5.32 Å². The van der Waals surface area contributed by atoms with Gasteiger partial charge in [-0.25, -0.2) is 0 Å². The molecular weight excluding hydrogens is 270 g/mol. The van der Waals surface area contributed by atoms with Crippen LogP contribution in [0.25, 0.3) is 0 Å². The van der Waals surface area contributed by atoms with Gasteiger partial charge in [-0.1, -0.05) is 12.8 Å². The van der Waals surface area contributed by atoms with Crippen molar-refractivity contribution in [2.24, 2.45) is 0 Å². The Morgan fingerprint density at radius 3 is 2.76 bits per heavy atom. The number of nitro groups is 1. The van der Waals surface area contributed by atoms with E-state index in [9.17, 15) is 14.9 Å². The molecule has 0 aliphatic carbocycles. The third-order valence-corrected chi connectivity index (χ3v) is 3.71. The van der Waals surface area contributed by atoms with Crippen molar-refractivity contribution < 1.29 is 9.72 Å². The number of nitrogens with one attached hydrogen (secondary N) is 1. The highest BCUT2D eigenvalue weighted by Crippen LogP contribution is 2.26. The normalized spacial score (nSPS) is 18.0. The van der Waals surface area contributed by atoms with Gasteiger partial charge in [0, 0.05) is 18.2 Å². The minimum Gasteiger partial charge on any atom is -0.379 e. The number of nitrogens with zero attached hydrogens (tertiary/aromatic N) is 2. The number of hydrogen-bond donors (Lipinski definition) is 1. The quantitative estimate of drug-likeness (QED) is 0.636. The van der Waals surface area contributed by atoms with Gasteiger partial charge in [0.25, 0.3) is 5.69 Å². The molecular formula is C15H21N3O3. The number of likely N-dealkylation sites (N-methyl/N-ethyl adjacent to an activating group) is 1. The number of carbonyl (C=O) groups excluding carboxylic acids is 1. The Hall–Kier alpha value is -1.95. The molecule has 0 saturated heterocycles. The van der Waals surface area contributed by atoms with Crippen LogP contribution in [0.15, 0.2) is 18.2 Å². The summed E-state index contributed by atoms with van der Waals surface area (Å²) in [6.45, 7) is 1.88. The molecule has 114 valence electrons. The van der Waals surface area contributed by atoms with Gasteiger partial charge < -0.3 is 5.32 Å². The van der Waals surface area contributed by atoms with Crippen molar-refractivity contribution in [3.8, 4) is 0 Å². The Morgan fingerprint density at radius 1 is 1.24 bits per heavy atom. The van der Waals surface area contributed by atoms with Gasteiger partial charge in [-0.15, -0.1) is 0 Å². The number of rotatable bonds is 1. The minimum atomic E-state index is -0.436. The lowest BCUT2D eigenvalue weighted by Gasteiger charge is -2.16. The molecule has 6 nitrogen and oxygen atoms in total. The predicted molar refractivity (Wildman–Crippen MR) is 81.9 cm³/mol. The number of ketones is 1. The minimum absolute atomic E-state index is 0.0273. The number of hydrogen-bond acceptors (Lipinski definition) is 5. The van der Waals surface area contributed by atoms with Gasteiger partial charge in [-0.3, -0.25) is 19.8 Å². The number of carbonyl (C=O) groups is 1. The van der Waals surface area contributed by atoms with Gasteiger partial charge in [-0.05, 0) is 38.6 Å². The fourth-order valence-corrected chi connectivity index (χ4v) is 2.50. The maximum absolute atomic E-state index is 12.2. The van der Waals surface area contributed by atoms with Gasteiger partial charge in [0.15, 0.2) is 5.78 Å². The first kappa shape index (κ1) is 15.4. The number of anilines is 1. The second kappa shape index (κ2) is 7.17. The van der Waals surface area contributed by atoms with Crippen molar-refractivity contribution in [2.75, 3.05) is 32.0 Å². The molecule has 2 bridgehead atoms. The van der Waals surface area contributed by atoms with E-state index in [-0.39, 0.29) is 11.5 Å². The molecule has 0 radical (unpaired) electrons. The zero-order valence-electron chi connectivity index (χ0n) is 12.3. The average Bonchev–Trinajstić information content (AvgIpc) is 2.45. The molecule has 6 heteroatoms. The summed E-state index contributed by atoms with van der Waals surface area (Å²) in [5.74, 6) is -0.0794. The van der Waals surface area contributed by atoms with Crippen LogP contribution in [0.3, 0.4) is 0 Å². The van der Waals surface area contributed by atoms with E-state index >= 15 is 0 Å². The van der Waals surface area contributed by atoms with E-state index in [0.717, 1.165) is 32.2 Å². The van der Waals surface area contributed by atoms with Crippen LogP contribution in [0.1, 0.15) is 36.0 Å². The molecule has 2 aliphatic rings. The lowest BCUT2D eigenvalue weighted by molar-refractivity contribution is -0.384. The van der Waals surface area contributed by atoms with E-state index in [4.69, 9.17) is 0 Å². The standard InChI is InChI=1S/C15H21N3O3/c1-17-9-5-3-2-4-8-16-13-7-6-12(15(19)11-17)10-14(13)18(20)21/h6-7,10,16H,2-5,8-9,11H2,1H3. The summed E-state index contributed by atoms with van der Waals surface area (Å²) in [6.07, 6.45) is 4.25. The maximum atomic E-state index is 12.2. The van der Waals surface area contributed by atoms with Gasteiger partial charge in [0.05, 0.1) is 11.5 Å². The summed E-state index contributed by atoms with van der Waals surface area (Å²) in [5, 5.41) is 14.3. The molecule has 0 fully saturated rings. The monoisotopic (exact) mass is 291 g/mol. The van der Waals surface area contributed by atoms with E-state index in [1.165, 1.54) is 6.07 Å². The molecule has 0 amide bonds. The summed E-state index contributed by atoms with van der Waals surface area (Å²) in [5.41, 5.74) is 0.860. The molecule has 3 rings (SSSR count). The van der Waals surface area contributed by atoms with Crippen molar-refractivity contribution in [3.05, 3.63) is 33.9 Å². The summed E-state index contributed by atoms with van der Waals surface area (Å²) in [7, 11) is 1.91. The van der Waals surface area contributed by atoms with Crippen LogP contribution in [-0.4, -0.2) is 42.3 Å². The number of fused-ring (bicyclic) bond motifs is 11. The van der Waals surface area contributed by atoms with Crippen LogP contribution in [-0.2, 0) is 0 Å². The molecule has 21 heavy (non-hydrogen) atoms. The van der Waals surface area contributed by atoms with E-state index in [1.807, 2.05) is 11.9 Å². The molecule has 0 unspecified atom stereocenters. The summed E-state index contributed by atoms with van der Waals surface area (Å²) < 4.78 is 0. The molecule has 1 N–H and O–H groups in total. The van der Waals surface area contributed by atoms with Gasteiger partial charge in [0.1, 0.15) is 5.69 Å². The second-order valence-electron chi connectivity index (χ2n) is 5.49. The van der Waals surface area contributed by atoms with E-state index < -0.39 is 4.92 Å². The first-order chi connectivity index (χ1) is 10.1. The molecule has 2 heterocycles. The zero-order valence-corrected chi connectivity index (χ0v) is 12.3. The number of benzene rings is 1. The maximum Gasteiger partial charge on any atom is 0.293 e. The van der Waals surface area contributed by atoms with Gasteiger partial charge >= 0.3 is 0 Å². The lowest BCUT2D eigenvalue weighted by atomic mass is 10.1. The number of Topliss-reactive ketones (excluding diaryl/α,β-unsaturated/α-hetero) is 1. The second-order valence-corrected chi connectivity index (χ2v) is 5.49. The van der Waals surface area contributed by atoms with E-state index in [1.54, 1.807) is 12.1 Å². The highest BCUT2D eigenvalue weighted by atomic mass is 16.6.